The molecule has 1 aromatic carbocycles. The summed E-state index contributed by atoms with van der Waals surface area (Å²) in [6, 6.07) is 6.89. The van der Waals surface area contributed by atoms with Gasteiger partial charge in [0.2, 0.25) is 0 Å². The van der Waals surface area contributed by atoms with E-state index < -0.39 is 9.73 Å². The van der Waals surface area contributed by atoms with E-state index in [0.717, 1.165) is 6.61 Å². The molecule has 2 atom stereocenters. The molecular formula is C16H26N2O2S. The molecule has 0 heterocycles. The molecule has 1 aliphatic carbocycles. The maximum atomic E-state index is 12.4. The van der Waals surface area contributed by atoms with Crippen molar-refractivity contribution in [3.05, 3.63) is 24.3 Å². The summed E-state index contributed by atoms with van der Waals surface area (Å²) in [6.45, 7) is 2.49. The van der Waals surface area contributed by atoms with Gasteiger partial charge in [0.05, 0.1) is 27.0 Å². The Labute approximate surface area is 128 Å². The average Bonchev–Trinajstić information content (AvgIpc) is 2.45. The molecule has 2 rings (SSSR count). The van der Waals surface area contributed by atoms with Crippen LogP contribution in [0.15, 0.2) is 29.2 Å². The van der Waals surface area contributed by atoms with Gasteiger partial charge in [-0.2, -0.15) is 0 Å². The monoisotopic (exact) mass is 310 g/mol. The lowest BCUT2D eigenvalue weighted by Gasteiger charge is -2.21. The molecule has 3 N–H and O–H groups in total. The minimum atomic E-state index is -2.83. The molecule has 1 aliphatic rings. The van der Waals surface area contributed by atoms with Crippen LogP contribution in [-0.4, -0.2) is 22.6 Å². The van der Waals surface area contributed by atoms with Crippen LogP contribution in [0.4, 0.5) is 0 Å². The molecule has 0 bridgehead atoms. The third-order valence-electron chi connectivity index (χ3n) is 3.89. The first-order valence-corrected chi connectivity index (χ1v) is 9.45. The topological polar surface area (TPSA) is 76.2 Å². The fraction of sp³-hybridized carbons (Fsp3) is 0.625. The van der Waals surface area contributed by atoms with E-state index in [1.807, 2.05) is 6.07 Å². The Bertz CT molecular complexity index is 549. The van der Waals surface area contributed by atoms with E-state index in [-0.39, 0.29) is 11.8 Å². The SMILES string of the molecule is C[C@@H](N)CS(=N)(=O)c1cccc(OCC2CCCCC2)c1. The van der Waals surface area contributed by atoms with Crippen LogP contribution >= 0.6 is 0 Å². The van der Waals surface area contributed by atoms with Gasteiger partial charge >= 0.3 is 0 Å². The summed E-state index contributed by atoms with van der Waals surface area (Å²) in [4.78, 5) is 0.515. The first-order valence-electron chi connectivity index (χ1n) is 7.72. The molecule has 4 nitrogen and oxygen atoms in total. The highest BCUT2D eigenvalue weighted by Crippen LogP contribution is 2.25. The van der Waals surface area contributed by atoms with Crippen LogP contribution in [0.2, 0.25) is 0 Å². The molecule has 21 heavy (non-hydrogen) atoms. The standard InChI is InChI=1S/C16H26N2O2S/c1-13(17)12-21(18,19)16-9-5-8-15(10-16)20-11-14-6-3-2-4-7-14/h5,8-10,13-14,18H,2-4,6-7,11-12,17H2,1H3/t13-,21?/m1/s1. The third-order valence-corrected chi connectivity index (χ3v) is 5.90. The molecule has 0 aromatic heterocycles. The van der Waals surface area contributed by atoms with Crippen molar-refractivity contribution in [2.75, 3.05) is 12.4 Å². The zero-order valence-electron chi connectivity index (χ0n) is 12.7. The average molecular weight is 310 g/mol. The van der Waals surface area contributed by atoms with E-state index in [4.69, 9.17) is 15.3 Å². The summed E-state index contributed by atoms with van der Waals surface area (Å²) in [5.74, 6) is 1.52. The molecule has 0 radical (unpaired) electrons. The minimum Gasteiger partial charge on any atom is -0.493 e. The van der Waals surface area contributed by atoms with Gasteiger partial charge in [-0.3, -0.25) is 0 Å². The lowest BCUT2D eigenvalue weighted by atomic mass is 9.90. The molecule has 118 valence electrons. The van der Waals surface area contributed by atoms with Crippen molar-refractivity contribution in [3.8, 4) is 5.75 Å². The largest absolute Gasteiger partial charge is 0.493 e. The summed E-state index contributed by atoms with van der Waals surface area (Å²) >= 11 is 0. The highest BCUT2D eigenvalue weighted by Gasteiger charge is 2.16. The zero-order chi connectivity index (χ0) is 15.3. The van der Waals surface area contributed by atoms with Crippen molar-refractivity contribution in [1.82, 2.24) is 0 Å². The number of ether oxygens (including phenoxy) is 1. The van der Waals surface area contributed by atoms with Gasteiger partial charge in [-0.25, -0.2) is 8.99 Å². The lowest BCUT2D eigenvalue weighted by Crippen LogP contribution is -2.25. The second kappa shape index (κ2) is 7.27. The van der Waals surface area contributed by atoms with E-state index in [1.54, 1.807) is 25.1 Å². The van der Waals surface area contributed by atoms with Gasteiger partial charge in [-0.1, -0.05) is 25.3 Å². The van der Waals surface area contributed by atoms with Crippen LogP contribution < -0.4 is 10.5 Å². The number of hydrogen-bond acceptors (Lipinski definition) is 4. The van der Waals surface area contributed by atoms with E-state index in [0.29, 0.717) is 16.6 Å². The number of nitrogens with two attached hydrogens (primary N) is 1. The van der Waals surface area contributed by atoms with Crippen molar-refractivity contribution >= 4 is 9.73 Å². The van der Waals surface area contributed by atoms with Crippen molar-refractivity contribution in [2.24, 2.45) is 11.7 Å². The number of benzene rings is 1. The smallest absolute Gasteiger partial charge is 0.120 e. The molecule has 0 saturated heterocycles. The second-order valence-corrected chi connectivity index (χ2v) is 8.26. The van der Waals surface area contributed by atoms with Crippen LogP contribution in [0.3, 0.4) is 0 Å². The van der Waals surface area contributed by atoms with Crippen LogP contribution in [0, 0.1) is 10.7 Å². The number of nitrogens with one attached hydrogen (secondary N) is 1. The fourth-order valence-electron chi connectivity index (χ4n) is 2.80. The first kappa shape index (κ1) is 16.3. The molecule has 0 amide bonds. The van der Waals surface area contributed by atoms with Crippen LogP contribution in [0.5, 0.6) is 5.75 Å². The van der Waals surface area contributed by atoms with E-state index in [9.17, 15) is 4.21 Å². The van der Waals surface area contributed by atoms with Crippen LogP contribution in [0.25, 0.3) is 0 Å². The molecule has 1 fully saturated rings. The molecule has 1 saturated carbocycles. The predicted octanol–water partition coefficient (Wildman–Crippen LogP) is 3.40. The normalized spacial score (nSPS) is 20.7. The molecule has 0 aliphatic heterocycles. The van der Waals surface area contributed by atoms with Crippen molar-refractivity contribution in [1.29, 1.82) is 4.78 Å². The van der Waals surface area contributed by atoms with Crippen molar-refractivity contribution in [2.45, 2.75) is 50.0 Å². The zero-order valence-corrected chi connectivity index (χ0v) is 13.5. The van der Waals surface area contributed by atoms with Gasteiger partial charge in [-0.05, 0) is 43.9 Å². The Hall–Kier alpha value is -1.07. The van der Waals surface area contributed by atoms with Gasteiger partial charge in [0.1, 0.15) is 5.75 Å². The maximum absolute atomic E-state index is 12.4. The Kier molecular flexibility index (Phi) is 5.65. The van der Waals surface area contributed by atoms with Gasteiger partial charge in [0.25, 0.3) is 0 Å². The molecule has 1 unspecified atom stereocenters. The van der Waals surface area contributed by atoms with E-state index in [1.165, 1.54) is 32.1 Å². The fourth-order valence-corrected chi connectivity index (χ4v) is 4.34. The summed E-state index contributed by atoms with van der Waals surface area (Å²) in [7, 11) is -2.83. The summed E-state index contributed by atoms with van der Waals surface area (Å²) in [5.41, 5.74) is 5.68. The summed E-state index contributed by atoms with van der Waals surface area (Å²) in [6.07, 6.45) is 6.40. The highest BCUT2D eigenvalue weighted by molar-refractivity contribution is 7.92. The number of rotatable bonds is 6. The Morgan fingerprint density at radius 2 is 2.10 bits per heavy atom. The van der Waals surface area contributed by atoms with E-state index >= 15 is 0 Å². The van der Waals surface area contributed by atoms with Gasteiger partial charge in [-0.15, -0.1) is 0 Å². The lowest BCUT2D eigenvalue weighted by molar-refractivity contribution is 0.208. The molecule has 0 spiro atoms. The maximum Gasteiger partial charge on any atom is 0.120 e. The van der Waals surface area contributed by atoms with Crippen molar-refractivity contribution < 1.29 is 8.95 Å². The Morgan fingerprint density at radius 1 is 1.38 bits per heavy atom. The Balaban J connectivity index is 2.00. The summed E-state index contributed by atoms with van der Waals surface area (Å²) in [5, 5.41) is 0. The molecule has 1 aromatic rings. The number of hydrogen-bond donors (Lipinski definition) is 2. The minimum absolute atomic E-state index is 0.180. The Morgan fingerprint density at radius 3 is 2.76 bits per heavy atom. The first-order chi connectivity index (χ1) is 9.97. The second-order valence-electron chi connectivity index (χ2n) is 6.11. The predicted molar refractivity (Wildman–Crippen MR) is 86.2 cm³/mol. The van der Waals surface area contributed by atoms with Gasteiger partial charge in [0.15, 0.2) is 0 Å². The third kappa shape index (κ3) is 5.00. The van der Waals surface area contributed by atoms with Crippen LogP contribution in [-0.2, 0) is 9.73 Å². The highest BCUT2D eigenvalue weighted by atomic mass is 32.2. The quantitative estimate of drug-likeness (QED) is 0.845. The van der Waals surface area contributed by atoms with Gasteiger partial charge < -0.3 is 10.5 Å². The molecule has 5 heteroatoms. The van der Waals surface area contributed by atoms with E-state index in [2.05, 4.69) is 0 Å². The van der Waals surface area contributed by atoms with Gasteiger partial charge in [0, 0.05) is 6.04 Å². The van der Waals surface area contributed by atoms with Crippen LogP contribution in [0.1, 0.15) is 39.0 Å². The summed E-state index contributed by atoms with van der Waals surface area (Å²) < 4.78 is 26.2. The molecular weight excluding hydrogens is 284 g/mol. The van der Waals surface area contributed by atoms with Crippen molar-refractivity contribution in [3.63, 3.8) is 0 Å².